The van der Waals surface area contributed by atoms with Gasteiger partial charge in [0.05, 0.1) is 21.7 Å². The van der Waals surface area contributed by atoms with Gasteiger partial charge in [-0.2, -0.15) is 0 Å². The molecule has 2 aromatic carbocycles. The van der Waals surface area contributed by atoms with E-state index < -0.39 is 0 Å². The van der Waals surface area contributed by atoms with Crippen LogP contribution in [0.4, 0.5) is 0 Å². The van der Waals surface area contributed by atoms with Crippen LogP contribution in [0, 0.1) is 0 Å². The Labute approximate surface area is 181 Å². The van der Waals surface area contributed by atoms with Gasteiger partial charge in [-0.3, -0.25) is 0 Å². The lowest BCUT2D eigenvalue weighted by Crippen LogP contribution is -2.00. The maximum atomic E-state index is 6.06. The van der Waals surface area contributed by atoms with Crippen LogP contribution < -0.4 is 4.74 Å². The zero-order chi connectivity index (χ0) is 19.2. The van der Waals surface area contributed by atoms with Crippen LogP contribution in [-0.2, 0) is 12.2 Å². The third-order valence-electron chi connectivity index (χ3n) is 3.48. The number of rotatable bonds is 8. The molecule has 0 amide bonds. The van der Waals surface area contributed by atoms with E-state index in [0.29, 0.717) is 55.7 Å². The molecule has 27 heavy (non-hydrogen) atoms. The third kappa shape index (κ3) is 6.19. The Balaban J connectivity index is 1.43. The van der Waals surface area contributed by atoms with E-state index in [1.54, 1.807) is 24.3 Å². The molecule has 1 aromatic heterocycles. The topological polar surface area (TPSA) is 48.2 Å². The molecule has 0 aliphatic carbocycles. The molecule has 0 saturated carbocycles. The van der Waals surface area contributed by atoms with Gasteiger partial charge >= 0.3 is 0 Å². The Morgan fingerprint density at radius 1 is 0.926 bits per heavy atom. The summed E-state index contributed by atoms with van der Waals surface area (Å²) in [5.74, 6) is 1.83. The van der Waals surface area contributed by atoms with Gasteiger partial charge in [0.25, 0.3) is 5.22 Å². The zero-order valence-electron chi connectivity index (χ0n) is 13.9. The zero-order valence-corrected chi connectivity index (χ0v) is 17.8. The molecule has 4 nitrogen and oxygen atoms in total. The van der Waals surface area contributed by atoms with Gasteiger partial charge in [-0.05, 0) is 42.3 Å². The minimum atomic E-state index is 0.482. The van der Waals surface area contributed by atoms with Crippen LogP contribution in [-0.4, -0.2) is 16.8 Å². The summed E-state index contributed by atoms with van der Waals surface area (Å²) in [5, 5.41) is 10.7. The molecule has 0 unspecified atom stereocenters. The maximum absolute atomic E-state index is 6.06. The number of ether oxygens (including phenoxy) is 1. The average Bonchev–Trinajstić information content (AvgIpc) is 3.09. The first kappa shape index (κ1) is 20.6. The van der Waals surface area contributed by atoms with Gasteiger partial charge in [-0.15, -0.1) is 10.2 Å². The molecule has 0 N–H and O–H groups in total. The van der Waals surface area contributed by atoms with Gasteiger partial charge in [0.1, 0.15) is 5.75 Å². The fourth-order valence-electron chi connectivity index (χ4n) is 2.17. The number of benzene rings is 2. The van der Waals surface area contributed by atoms with E-state index in [1.807, 2.05) is 12.1 Å². The first-order valence-electron chi connectivity index (χ1n) is 7.98. The van der Waals surface area contributed by atoms with Crippen LogP contribution in [0.15, 0.2) is 46.0 Å². The quantitative estimate of drug-likeness (QED) is 0.266. The molecule has 0 spiro atoms. The average molecular weight is 464 g/mol. The number of hydrogen-bond donors (Lipinski definition) is 0. The first-order valence-corrected chi connectivity index (χ1v) is 10.5. The van der Waals surface area contributed by atoms with Crippen molar-refractivity contribution in [2.45, 2.75) is 23.8 Å². The van der Waals surface area contributed by atoms with Gasteiger partial charge in [0.15, 0.2) is 0 Å². The summed E-state index contributed by atoms with van der Waals surface area (Å²) >= 11 is 25.3. The van der Waals surface area contributed by atoms with E-state index in [-0.39, 0.29) is 0 Å². The molecule has 1 heterocycles. The predicted octanol–water partition coefficient (Wildman–Crippen LogP) is 6.99. The smallest absolute Gasteiger partial charge is 0.276 e. The second-order valence-corrected chi connectivity index (χ2v) is 8.11. The molecule has 0 bridgehead atoms. The van der Waals surface area contributed by atoms with E-state index in [9.17, 15) is 0 Å². The van der Waals surface area contributed by atoms with E-state index in [4.69, 9.17) is 55.6 Å². The predicted molar refractivity (Wildman–Crippen MR) is 111 cm³/mol. The van der Waals surface area contributed by atoms with Crippen LogP contribution in [0.1, 0.15) is 17.9 Å². The van der Waals surface area contributed by atoms with E-state index in [2.05, 4.69) is 10.2 Å². The van der Waals surface area contributed by atoms with Crippen LogP contribution in [0.3, 0.4) is 0 Å². The summed E-state index contributed by atoms with van der Waals surface area (Å²) in [4.78, 5) is 0. The third-order valence-corrected chi connectivity index (χ3v) is 5.64. The first-order chi connectivity index (χ1) is 13.0. The van der Waals surface area contributed by atoms with Gasteiger partial charge in [0.2, 0.25) is 5.89 Å². The Morgan fingerprint density at radius 3 is 2.56 bits per heavy atom. The Bertz CT molecular complexity index is 920. The van der Waals surface area contributed by atoms with Gasteiger partial charge in [-0.25, -0.2) is 0 Å². The lowest BCUT2D eigenvalue weighted by atomic mass is 10.2. The van der Waals surface area contributed by atoms with Crippen molar-refractivity contribution < 1.29 is 9.15 Å². The van der Waals surface area contributed by atoms with Crippen molar-refractivity contribution in [1.82, 2.24) is 10.2 Å². The van der Waals surface area contributed by atoms with E-state index in [1.165, 1.54) is 11.8 Å². The summed E-state index contributed by atoms with van der Waals surface area (Å²) in [6, 6.07) is 10.6. The minimum absolute atomic E-state index is 0.482. The molecule has 0 fully saturated rings. The SMILES string of the molecule is Clc1ccc(OCCCc2nnc(SCc3ccc(Cl)c(Cl)c3)o2)c(Cl)c1. The molecule has 0 radical (unpaired) electrons. The molecule has 9 heteroatoms. The summed E-state index contributed by atoms with van der Waals surface area (Å²) < 4.78 is 11.3. The van der Waals surface area contributed by atoms with E-state index in [0.717, 1.165) is 12.0 Å². The molecule has 0 aliphatic heterocycles. The Morgan fingerprint density at radius 2 is 1.78 bits per heavy atom. The number of aromatic nitrogens is 2. The standard InChI is InChI=1S/C18H14Cl4N2O2S/c19-12-4-6-16(15(22)9-12)25-7-1-2-17-23-24-18(26-17)27-10-11-3-5-13(20)14(21)8-11/h3-6,8-9H,1-2,7,10H2. The number of hydrogen-bond acceptors (Lipinski definition) is 5. The Kier molecular flexibility index (Phi) is 7.56. The van der Waals surface area contributed by atoms with Crippen molar-refractivity contribution in [3.8, 4) is 5.75 Å². The molecule has 0 saturated heterocycles. The van der Waals surface area contributed by atoms with Crippen LogP contribution in [0.2, 0.25) is 20.1 Å². The van der Waals surface area contributed by atoms with Crippen molar-refractivity contribution in [1.29, 1.82) is 0 Å². The highest BCUT2D eigenvalue weighted by molar-refractivity contribution is 7.98. The van der Waals surface area contributed by atoms with Crippen molar-refractivity contribution in [3.05, 3.63) is 67.9 Å². The van der Waals surface area contributed by atoms with E-state index >= 15 is 0 Å². The van der Waals surface area contributed by atoms with Crippen LogP contribution in [0.25, 0.3) is 0 Å². The van der Waals surface area contributed by atoms with Gasteiger partial charge in [0, 0.05) is 17.2 Å². The summed E-state index contributed by atoms with van der Waals surface area (Å²) in [5.41, 5.74) is 1.03. The van der Waals surface area contributed by atoms with Crippen molar-refractivity contribution >= 4 is 58.2 Å². The second kappa shape index (κ2) is 9.89. The van der Waals surface area contributed by atoms with Crippen LogP contribution >= 0.6 is 58.2 Å². The summed E-state index contributed by atoms with van der Waals surface area (Å²) in [7, 11) is 0. The number of halogens is 4. The van der Waals surface area contributed by atoms with Crippen LogP contribution in [0.5, 0.6) is 5.75 Å². The molecule has 0 aliphatic rings. The molecular weight excluding hydrogens is 450 g/mol. The second-order valence-electron chi connectivity index (χ2n) is 5.53. The normalized spacial score (nSPS) is 11.0. The molecule has 3 aromatic rings. The largest absolute Gasteiger partial charge is 0.492 e. The lowest BCUT2D eigenvalue weighted by molar-refractivity contribution is 0.302. The number of thioether (sulfide) groups is 1. The minimum Gasteiger partial charge on any atom is -0.492 e. The fraction of sp³-hybridized carbons (Fsp3) is 0.222. The van der Waals surface area contributed by atoms with Gasteiger partial charge < -0.3 is 9.15 Å². The number of nitrogens with zero attached hydrogens (tertiary/aromatic N) is 2. The lowest BCUT2D eigenvalue weighted by Gasteiger charge is -2.07. The summed E-state index contributed by atoms with van der Waals surface area (Å²) in [6.45, 7) is 0.482. The van der Waals surface area contributed by atoms with Gasteiger partial charge in [-0.1, -0.05) is 64.2 Å². The summed E-state index contributed by atoms with van der Waals surface area (Å²) in [6.07, 6.45) is 1.34. The Hall–Kier alpha value is -1.11. The molecule has 0 atom stereocenters. The molecule has 142 valence electrons. The molecule has 3 rings (SSSR count). The molecular formula is C18H14Cl4N2O2S. The highest BCUT2D eigenvalue weighted by Crippen LogP contribution is 2.28. The number of aryl methyl sites for hydroxylation is 1. The fourth-order valence-corrected chi connectivity index (χ4v) is 3.68. The van der Waals surface area contributed by atoms with Crippen molar-refractivity contribution in [2.75, 3.05) is 6.61 Å². The van der Waals surface area contributed by atoms with Crippen molar-refractivity contribution in [2.24, 2.45) is 0 Å². The highest BCUT2D eigenvalue weighted by atomic mass is 35.5. The monoisotopic (exact) mass is 462 g/mol. The highest BCUT2D eigenvalue weighted by Gasteiger charge is 2.09. The van der Waals surface area contributed by atoms with Crippen molar-refractivity contribution in [3.63, 3.8) is 0 Å². The maximum Gasteiger partial charge on any atom is 0.276 e.